The number of benzene rings is 1. The van der Waals surface area contributed by atoms with E-state index in [9.17, 15) is 5.11 Å². The molecule has 246 valence electrons. The Kier molecular flexibility index (Phi) is 8.89. The zero-order valence-electron chi connectivity index (χ0n) is 28.0. The number of rotatable bonds is 10. The van der Waals surface area contributed by atoms with Gasteiger partial charge in [-0.25, -0.2) is 0 Å². The number of aliphatic hydroxyl groups is 1. The smallest absolute Gasteiger partial charge is 0.118 e. The molecule has 6 fully saturated rings. The van der Waals surface area contributed by atoms with Gasteiger partial charge in [0.15, 0.2) is 0 Å². The summed E-state index contributed by atoms with van der Waals surface area (Å²) in [4.78, 5) is 5.12. The van der Waals surface area contributed by atoms with Crippen LogP contribution in [0.4, 0.5) is 0 Å². The highest BCUT2D eigenvalue weighted by Gasteiger charge is 2.72. The molecule has 0 radical (unpaired) electrons. The van der Waals surface area contributed by atoms with Gasteiger partial charge in [0.25, 0.3) is 0 Å². The molecule has 6 nitrogen and oxygen atoms in total. The largest absolute Gasteiger partial charge is 0.497 e. The Labute approximate surface area is 267 Å². The summed E-state index contributed by atoms with van der Waals surface area (Å²) in [7, 11) is 1.74. The van der Waals surface area contributed by atoms with E-state index in [1.807, 2.05) is 0 Å². The van der Waals surface area contributed by atoms with Crippen LogP contribution in [-0.4, -0.2) is 86.2 Å². The summed E-state index contributed by atoms with van der Waals surface area (Å²) in [6.07, 6.45) is 15.7. The van der Waals surface area contributed by atoms with Crippen molar-refractivity contribution in [1.82, 2.24) is 9.80 Å². The van der Waals surface area contributed by atoms with Crippen molar-refractivity contribution in [3.8, 4) is 5.75 Å². The van der Waals surface area contributed by atoms with Crippen LogP contribution in [0.25, 0.3) is 0 Å². The molecule has 6 heteroatoms. The molecule has 4 saturated carbocycles. The van der Waals surface area contributed by atoms with Crippen LogP contribution in [-0.2, 0) is 15.1 Å². The summed E-state index contributed by atoms with van der Waals surface area (Å²) in [5, 5.41) is 13.1. The fraction of sp³-hybridized carbons (Fsp3) is 0.842. The molecule has 1 aromatic rings. The highest BCUT2D eigenvalue weighted by molar-refractivity contribution is 5.37. The summed E-state index contributed by atoms with van der Waals surface area (Å²) in [6.45, 7) is 13.6. The van der Waals surface area contributed by atoms with E-state index in [4.69, 9.17) is 14.2 Å². The summed E-state index contributed by atoms with van der Waals surface area (Å²) < 4.78 is 19.3. The predicted molar refractivity (Wildman–Crippen MR) is 175 cm³/mol. The lowest BCUT2D eigenvalue weighted by molar-refractivity contribution is -0.249. The fourth-order valence-electron chi connectivity index (χ4n) is 11.7. The SMILES string of the molecule is COc1ccc([C@@]2(OCCN3CCCC3)CC[C@]3(O)[C@@H]4CC[C@@H]5C[C@@H](OCCN6CCCC6)CC[C@]5(C)[C@H]4CC[C@]23C)cc1. The minimum absolute atomic E-state index is 0.302. The second-order valence-corrected chi connectivity index (χ2v) is 16.1. The van der Waals surface area contributed by atoms with Gasteiger partial charge < -0.3 is 29.1 Å². The second kappa shape index (κ2) is 12.4. The second-order valence-electron chi connectivity index (χ2n) is 16.1. The lowest BCUT2D eigenvalue weighted by Crippen LogP contribution is -2.65. The molecule has 2 aliphatic heterocycles. The Hall–Kier alpha value is -1.18. The van der Waals surface area contributed by atoms with Crippen LogP contribution in [0.2, 0.25) is 0 Å². The van der Waals surface area contributed by atoms with E-state index in [1.54, 1.807) is 7.11 Å². The minimum Gasteiger partial charge on any atom is -0.497 e. The molecule has 0 spiro atoms. The van der Waals surface area contributed by atoms with Crippen LogP contribution < -0.4 is 4.74 Å². The zero-order chi connectivity index (χ0) is 30.4. The van der Waals surface area contributed by atoms with E-state index in [2.05, 4.69) is 47.9 Å². The van der Waals surface area contributed by atoms with Crippen LogP contribution in [0.3, 0.4) is 0 Å². The van der Waals surface area contributed by atoms with Gasteiger partial charge in [-0.3, -0.25) is 0 Å². The predicted octanol–water partition coefficient (Wildman–Crippen LogP) is 6.64. The van der Waals surface area contributed by atoms with Gasteiger partial charge in [-0.2, -0.15) is 0 Å². The Bertz CT molecular complexity index is 1120. The van der Waals surface area contributed by atoms with Crippen molar-refractivity contribution < 1.29 is 19.3 Å². The maximum atomic E-state index is 13.1. The quantitative estimate of drug-likeness (QED) is 0.321. The molecule has 7 rings (SSSR count). The van der Waals surface area contributed by atoms with Crippen molar-refractivity contribution in [1.29, 1.82) is 0 Å². The minimum atomic E-state index is -0.708. The van der Waals surface area contributed by atoms with Gasteiger partial charge in [-0.1, -0.05) is 26.0 Å². The van der Waals surface area contributed by atoms with Gasteiger partial charge in [-0.15, -0.1) is 0 Å². The van der Waals surface area contributed by atoms with E-state index in [0.717, 1.165) is 57.7 Å². The van der Waals surface area contributed by atoms with Crippen molar-refractivity contribution in [2.24, 2.45) is 28.6 Å². The summed E-state index contributed by atoms with van der Waals surface area (Å²) in [5.41, 5.74) is 0.0251. The number of nitrogens with zero attached hydrogens (tertiary/aromatic N) is 2. The molecule has 4 aliphatic carbocycles. The number of fused-ring (bicyclic) bond motifs is 5. The number of hydrogen-bond acceptors (Lipinski definition) is 6. The summed E-state index contributed by atoms with van der Waals surface area (Å²) in [5.74, 6) is 2.52. The molecule has 0 aromatic heterocycles. The topological polar surface area (TPSA) is 54.4 Å². The van der Waals surface area contributed by atoms with E-state index in [1.165, 1.54) is 89.5 Å². The first-order valence-corrected chi connectivity index (χ1v) is 18.4. The van der Waals surface area contributed by atoms with Crippen molar-refractivity contribution in [2.45, 2.75) is 115 Å². The van der Waals surface area contributed by atoms with Crippen LogP contribution in [0.1, 0.15) is 103 Å². The highest BCUT2D eigenvalue weighted by atomic mass is 16.5. The van der Waals surface area contributed by atoms with Crippen LogP contribution in [0, 0.1) is 28.6 Å². The first-order valence-electron chi connectivity index (χ1n) is 18.4. The molecular formula is C38H60N2O4. The molecule has 8 atom stereocenters. The van der Waals surface area contributed by atoms with Gasteiger partial charge in [-0.05, 0) is 151 Å². The van der Waals surface area contributed by atoms with E-state index in [-0.39, 0.29) is 5.41 Å². The third kappa shape index (κ3) is 5.18. The first kappa shape index (κ1) is 31.4. The lowest BCUT2D eigenvalue weighted by Gasteiger charge is -2.65. The number of ether oxygens (including phenoxy) is 3. The Morgan fingerprint density at radius 2 is 1.45 bits per heavy atom. The van der Waals surface area contributed by atoms with Crippen LogP contribution in [0.15, 0.2) is 24.3 Å². The molecule has 2 heterocycles. The van der Waals surface area contributed by atoms with Gasteiger partial charge in [0.2, 0.25) is 0 Å². The molecule has 0 amide bonds. The van der Waals surface area contributed by atoms with E-state index in [0.29, 0.717) is 29.3 Å². The lowest BCUT2D eigenvalue weighted by atomic mass is 9.42. The zero-order valence-corrected chi connectivity index (χ0v) is 28.0. The van der Waals surface area contributed by atoms with E-state index < -0.39 is 11.2 Å². The molecule has 1 N–H and O–H groups in total. The van der Waals surface area contributed by atoms with Crippen LogP contribution in [0.5, 0.6) is 5.75 Å². The number of methoxy groups -OCH3 is 1. The van der Waals surface area contributed by atoms with Crippen molar-refractivity contribution >= 4 is 0 Å². The molecular weight excluding hydrogens is 548 g/mol. The average molecular weight is 609 g/mol. The molecule has 0 unspecified atom stereocenters. The normalized spacial score (nSPS) is 42.6. The third-order valence-corrected chi connectivity index (χ3v) is 14.4. The molecule has 6 aliphatic rings. The Morgan fingerprint density at radius 1 is 0.773 bits per heavy atom. The van der Waals surface area contributed by atoms with E-state index >= 15 is 0 Å². The maximum Gasteiger partial charge on any atom is 0.118 e. The standard InChI is InChI=1S/C38H60N2O4/c1-35-16-14-32(43-26-24-39-20-4-5-21-39)28-30(35)10-13-34-33(35)15-17-36(2)37(34,41)18-19-38(36,29-8-11-31(42-3)12-9-29)44-27-25-40-22-6-7-23-40/h8-9,11-12,30,32-34,41H,4-7,10,13-28H2,1-3H3/t30-,32+,33+,34-,35+,36+,37+,38+/m1/s1. The van der Waals surface area contributed by atoms with Crippen molar-refractivity contribution in [2.75, 3.05) is 59.6 Å². The monoisotopic (exact) mass is 608 g/mol. The molecule has 44 heavy (non-hydrogen) atoms. The van der Waals surface area contributed by atoms with Gasteiger partial charge in [0, 0.05) is 18.5 Å². The van der Waals surface area contributed by atoms with Crippen molar-refractivity contribution in [3.05, 3.63) is 29.8 Å². The highest BCUT2D eigenvalue weighted by Crippen LogP contribution is 2.72. The average Bonchev–Trinajstić information content (AvgIpc) is 3.80. The van der Waals surface area contributed by atoms with Gasteiger partial charge in [0.1, 0.15) is 11.4 Å². The fourth-order valence-corrected chi connectivity index (χ4v) is 11.7. The first-order chi connectivity index (χ1) is 21.3. The molecule has 2 saturated heterocycles. The van der Waals surface area contributed by atoms with Gasteiger partial charge in [0.05, 0.1) is 32.0 Å². The Morgan fingerprint density at radius 3 is 2.14 bits per heavy atom. The maximum absolute atomic E-state index is 13.1. The van der Waals surface area contributed by atoms with Crippen LogP contribution >= 0.6 is 0 Å². The Balaban J connectivity index is 1.09. The van der Waals surface area contributed by atoms with Crippen molar-refractivity contribution in [3.63, 3.8) is 0 Å². The number of likely N-dealkylation sites (tertiary alicyclic amines) is 2. The van der Waals surface area contributed by atoms with Gasteiger partial charge >= 0.3 is 0 Å². The summed E-state index contributed by atoms with van der Waals surface area (Å²) >= 11 is 0. The third-order valence-electron chi connectivity index (χ3n) is 14.4. The molecule has 1 aromatic carbocycles. The number of hydrogen-bond donors (Lipinski definition) is 1. The summed E-state index contributed by atoms with van der Waals surface area (Å²) in [6, 6.07) is 8.62. The molecule has 0 bridgehead atoms.